The molecule has 0 radical (unpaired) electrons. The average Bonchev–Trinajstić information content (AvgIpc) is 3.43. The first-order valence-electron chi connectivity index (χ1n) is 10.8. The lowest BCUT2D eigenvalue weighted by Crippen LogP contribution is -2.33. The largest absolute Gasteiger partial charge is 0.370 e. The maximum Gasteiger partial charge on any atom is 0.174 e. The Kier molecular flexibility index (Phi) is 5.59. The number of anilines is 2. The molecular weight excluding hydrogens is 426 g/mol. The molecule has 5 nitrogen and oxygen atoms in total. The molecule has 0 amide bonds. The van der Waals surface area contributed by atoms with E-state index in [1.54, 1.807) is 0 Å². The predicted molar refractivity (Wildman–Crippen MR) is 131 cm³/mol. The molecule has 0 saturated carbocycles. The number of hydrogen-bond acceptors (Lipinski definition) is 3. The topological polar surface area (TPSA) is 47.2 Å². The van der Waals surface area contributed by atoms with Crippen molar-refractivity contribution in [3.05, 3.63) is 77.3 Å². The van der Waals surface area contributed by atoms with Gasteiger partial charge in [0.25, 0.3) is 0 Å². The Hall–Kier alpha value is -2.57. The Bertz CT molecular complexity index is 1050. The highest BCUT2D eigenvalue weighted by Gasteiger charge is 2.41. The van der Waals surface area contributed by atoms with Gasteiger partial charge in [0.1, 0.15) is 6.04 Å². The monoisotopic (exact) mass is 451 g/mol. The average molecular weight is 452 g/mol. The molecule has 0 bridgehead atoms. The number of aromatic amines is 1. The number of nitrogens with zero attached hydrogens (tertiary/aromatic N) is 3. The second-order valence-electron chi connectivity index (χ2n) is 8.43. The van der Waals surface area contributed by atoms with E-state index >= 15 is 0 Å². The molecule has 2 aliphatic heterocycles. The van der Waals surface area contributed by atoms with Crippen molar-refractivity contribution < 1.29 is 0 Å². The second kappa shape index (κ2) is 8.52. The molecule has 5 rings (SSSR count). The molecule has 7 heteroatoms. The quantitative estimate of drug-likeness (QED) is 0.514. The number of pyridine rings is 1. The van der Waals surface area contributed by atoms with E-state index in [1.165, 1.54) is 12.8 Å². The zero-order valence-corrected chi connectivity index (χ0v) is 19.0. The van der Waals surface area contributed by atoms with Gasteiger partial charge in [-0.15, -0.1) is 0 Å². The van der Waals surface area contributed by atoms with E-state index in [9.17, 15) is 0 Å². The first-order chi connectivity index (χ1) is 15.1. The van der Waals surface area contributed by atoms with Gasteiger partial charge in [-0.2, -0.15) is 0 Å². The summed E-state index contributed by atoms with van der Waals surface area (Å²) < 4.78 is 0. The zero-order valence-electron chi connectivity index (χ0n) is 17.5. The summed E-state index contributed by atoms with van der Waals surface area (Å²) in [5, 5.41) is 4.92. The predicted octanol–water partition coefficient (Wildman–Crippen LogP) is 5.48. The van der Waals surface area contributed by atoms with E-state index in [0.717, 1.165) is 46.8 Å². The summed E-state index contributed by atoms with van der Waals surface area (Å²) in [6.07, 6.45) is 6.18. The summed E-state index contributed by atoms with van der Waals surface area (Å²) in [7, 11) is 0. The fourth-order valence-electron chi connectivity index (χ4n) is 4.63. The van der Waals surface area contributed by atoms with Crippen molar-refractivity contribution in [1.29, 1.82) is 0 Å². The molecule has 1 aromatic carbocycles. The van der Waals surface area contributed by atoms with Crippen LogP contribution < -0.4 is 15.1 Å². The summed E-state index contributed by atoms with van der Waals surface area (Å²) in [5.74, 6) is 0.785. The number of hydrogen-bond donors (Lipinski definition) is 2. The molecule has 2 fully saturated rings. The lowest BCUT2D eigenvalue weighted by molar-refractivity contribution is 0.438. The molecule has 2 aliphatic rings. The number of piperidine rings is 1. The maximum atomic E-state index is 6.80. The highest BCUT2D eigenvalue weighted by molar-refractivity contribution is 7.80. The summed E-state index contributed by atoms with van der Waals surface area (Å²) in [5.41, 5.74) is 4.12. The van der Waals surface area contributed by atoms with Gasteiger partial charge in [-0.1, -0.05) is 24.6 Å². The van der Waals surface area contributed by atoms with E-state index in [-0.39, 0.29) is 12.1 Å². The van der Waals surface area contributed by atoms with Crippen LogP contribution in [-0.2, 0) is 0 Å². The zero-order chi connectivity index (χ0) is 21.4. The van der Waals surface area contributed by atoms with Crippen LogP contribution >= 0.6 is 23.8 Å². The number of nitrogens with one attached hydrogen (secondary N) is 2. The van der Waals surface area contributed by atoms with Crippen molar-refractivity contribution >= 4 is 40.3 Å². The maximum absolute atomic E-state index is 6.80. The minimum atomic E-state index is -0.0608. The van der Waals surface area contributed by atoms with Crippen LogP contribution in [0.15, 0.2) is 60.9 Å². The molecule has 2 unspecified atom stereocenters. The van der Waals surface area contributed by atoms with Crippen molar-refractivity contribution in [3.63, 3.8) is 0 Å². The van der Waals surface area contributed by atoms with Gasteiger partial charge in [-0.25, -0.2) is 0 Å². The molecule has 2 saturated heterocycles. The molecule has 3 aromatic rings. The van der Waals surface area contributed by atoms with Crippen LogP contribution in [0, 0.1) is 5.92 Å². The molecule has 0 aliphatic carbocycles. The van der Waals surface area contributed by atoms with Gasteiger partial charge < -0.3 is 20.1 Å². The van der Waals surface area contributed by atoms with Gasteiger partial charge in [0, 0.05) is 36.9 Å². The van der Waals surface area contributed by atoms with Gasteiger partial charge in [0.05, 0.1) is 22.4 Å². The highest BCUT2D eigenvalue weighted by atomic mass is 35.5. The van der Waals surface area contributed by atoms with Crippen LogP contribution in [0.25, 0.3) is 0 Å². The normalized spacial score (nSPS) is 22.1. The number of aromatic nitrogens is 2. The number of benzene rings is 1. The smallest absolute Gasteiger partial charge is 0.174 e. The van der Waals surface area contributed by atoms with Gasteiger partial charge in [0.2, 0.25) is 0 Å². The van der Waals surface area contributed by atoms with Crippen molar-refractivity contribution in [2.75, 3.05) is 22.9 Å². The number of halogens is 1. The van der Waals surface area contributed by atoms with Gasteiger partial charge in [-0.3, -0.25) is 4.98 Å². The SMILES string of the molecule is CC1CCN(c2ccc(N3C(=S)NC(c4ccccn4)C3c3ccc[nH]3)cc2Cl)CC1. The molecule has 4 heterocycles. The van der Waals surface area contributed by atoms with Crippen molar-refractivity contribution in [2.45, 2.75) is 31.8 Å². The minimum Gasteiger partial charge on any atom is -0.370 e. The first-order valence-corrected chi connectivity index (χ1v) is 11.6. The Morgan fingerprint density at radius 1 is 1.10 bits per heavy atom. The molecule has 0 spiro atoms. The van der Waals surface area contributed by atoms with Crippen LogP contribution in [0.3, 0.4) is 0 Å². The van der Waals surface area contributed by atoms with Gasteiger partial charge >= 0.3 is 0 Å². The third kappa shape index (κ3) is 3.90. The molecular formula is C24H26ClN5S. The fraction of sp³-hybridized carbons (Fsp3) is 0.333. The molecule has 2 atom stereocenters. The van der Waals surface area contributed by atoms with Crippen LogP contribution in [0.1, 0.15) is 43.2 Å². The summed E-state index contributed by atoms with van der Waals surface area (Å²) >= 11 is 12.6. The first kappa shape index (κ1) is 20.3. The van der Waals surface area contributed by atoms with E-state index < -0.39 is 0 Å². The Morgan fingerprint density at radius 3 is 2.61 bits per heavy atom. The van der Waals surface area contributed by atoms with Crippen LogP contribution in [-0.4, -0.2) is 28.2 Å². The van der Waals surface area contributed by atoms with E-state index in [1.807, 2.05) is 42.7 Å². The van der Waals surface area contributed by atoms with Gasteiger partial charge in [0.15, 0.2) is 5.11 Å². The number of thiocarbonyl (C=S) groups is 1. The Balaban J connectivity index is 1.49. The summed E-state index contributed by atoms with van der Waals surface area (Å²) in [4.78, 5) is 12.5. The Morgan fingerprint density at radius 2 is 1.94 bits per heavy atom. The highest BCUT2D eigenvalue weighted by Crippen LogP contribution is 2.42. The third-order valence-corrected chi connectivity index (χ3v) is 6.99. The molecule has 2 N–H and O–H groups in total. The van der Waals surface area contributed by atoms with Crippen molar-refractivity contribution in [2.24, 2.45) is 5.92 Å². The fourth-order valence-corrected chi connectivity index (χ4v) is 5.27. The van der Waals surface area contributed by atoms with Crippen LogP contribution in [0.5, 0.6) is 0 Å². The molecule has 160 valence electrons. The van der Waals surface area contributed by atoms with E-state index in [2.05, 4.69) is 50.2 Å². The molecule has 31 heavy (non-hydrogen) atoms. The lowest BCUT2D eigenvalue weighted by atomic mass is 9.98. The van der Waals surface area contributed by atoms with Crippen molar-refractivity contribution in [1.82, 2.24) is 15.3 Å². The van der Waals surface area contributed by atoms with Crippen LogP contribution in [0.2, 0.25) is 5.02 Å². The number of rotatable bonds is 4. The lowest BCUT2D eigenvalue weighted by Gasteiger charge is -2.33. The number of H-pyrrole nitrogens is 1. The standard InChI is InChI=1S/C24H26ClN5S/c1-16-9-13-29(14-10-16)21-8-7-17(15-18(21)25)30-23(20-6-4-12-27-20)22(28-24(30)31)19-5-2-3-11-26-19/h2-8,11-12,15-16,22-23,27H,9-10,13-14H2,1H3,(H,28,31). The third-order valence-electron chi connectivity index (χ3n) is 6.37. The van der Waals surface area contributed by atoms with Gasteiger partial charge in [-0.05, 0) is 73.4 Å². The van der Waals surface area contributed by atoms with E-state index in [0.29, 0.717) is 5.11 Å². The minimum absolute atomic E-state index is 0.0462. The summed E-state index contributed by atoms with van der Waals surface area (Å²) in [6, 6.07) is 16.3. The van der Waals surface area contributed by atoms with Crippen molar-refractivity contribution in [3.8, 4) is 0 Å². The second-order valence-corrected chi connectivity index (χ2v) is 9.22. The van der Waals surface area contributed by atoms with Crippen LogP contribution in [0.4, 0.5) is 11.4 Å². The molecule has 2 aromatic heterocycles. The summed E-state index contributed by atoms with van der Waals surface area (Å²) in [6.45, 7) is 4.43. The van der Waals surface area contributed by atoms with E-state index in [4.69, 9.17) is 23.8 Å². The Labute approximate surface area is 193 Å².